The summed E-state index contributed by atoms with van der Waals surface area (Å²) in [5.41, 5.74) is 1.10. The molecule has 4 rings (SSSR count). The van der Waals surface area contributed by atoms with Crippen molar-refractivity contribution in [1.82, 2.24) is 4.98 Å². The van der Waals surface area contributed by atoms with Crippen molar-refractivity contribution in [2.75, 3.05) is 0 Å². The second-order valence-electron chi connectivity index (χ2n) is 6.10. The van der Waals surface area contributed by atoms with E-state index in [0.29, 0.717) is 22.5 Å². The Labute approximate surface area is 159 Å². The van der Waals surface area contributed by atoms with E-state index in [1.54, 1.807) is 30.3 Å². The van der Waals surface area contributed by atoms with E-state index in [1.165, 1.54) is 18.2 Å². The molecule has 0 fully saturated rings. The van der Waals surface area contributed by atoms with Crippen LogP contribution in [-0.2, 0) is 9.84 Å². The first kappa shape index (κ1) is 18.2. The van der Waals surface area contributed by atoms with Crippen LogP contribution >= 0.6 is 0 Å². The highest BCUT2D eigenvalue weighted by atomic mass is 32.2. The standard InChI is InChI=1S/C21H12F3NO2S/c22-14-5-3-4-13(10-14)21-16-6-1-2-7-19(16)25-12-20(21)28(26,27)15-8-9-17(23)18(24)11-15/h1-12H. The molecule has 0 bridgehead atoms. The first-order chi connectivity index (χ1) is 13.4. The molecule has 0 atom stereocenters. The van der Waals surface area contributed by atoms with Crippen molar-refractivity contribution >= 4 is 20.7 Å². The second kappa shape index (κ2) is 6.76. The topological polar surface area (TPSA) is 47.0 Å². The summed E-state index contributed by atoms with van der Waals surface area (Å²) in [6.45, 7) is 0. The molecule has 4 aromatic rings. The van der Waals surface area contributed by atoms with Gasteiger partial charge in [0.1, 0.15) is 5.82 Å². The van der Waals surface area contributed by atoms with E-state index in [1.807, 2.05) is 0 Å². The van der Waals surface area contributed by atoms with E-state index in [9.17, 15) is 21.6 Å². The summed E-state index contributed by atoms with van der Waals surface area (Å²) in [4.78, 5) is 3.55. The van der Waals surface area contributed by atoms with E-state index in [-0.39, 0.29) is 10.5 Å². The Balaban J connectivity index is 2.07. The van der Waals surface area contributed by atoms with E-state index in [2.05, 4.69) is 4.98 Å². The quantitative estimate of drug-likeness (QED) is 0.448. The lowest BCUT2D eigenvalue weighted by molar-refractivity contribution is 0.504. The molecule has 0 amide bonds. The number of hydrogen-bond acceptors (Lipinski definition) is 3. The number of hydrogen-bond donors (Lipinski definition) is 0. The van der Waals surface area contributed by atoms with Gasteiger partial charge in [-0.3, -0.25) is 4.98 Å². The Bertz CT molecular complexity index is 1320. The van der Waals surface area contributed by atoms with E-state index < -0.39 is 32.2 Å². The summed E-state index contributed by atoms with van der Waals surface area (Å²) in [6.07, 6.45) is 1.15. The summed E-state index contributed by atoms with van der Waals surface area (Å²) < 4.78 is 67.2. The fourth-order valence-electron chi connectivity index (χ4n) is 3.04. The van der Waals surface area contributed by atoms with Gasteiger partial charge in [-0.2, -0.15) is 0 Å². The minimum absolute atomic E-state index is 0.220. The van der Waals surface area contributed by atoms with Crippen molar-refractivity contribution in [2.45, 2.75) is 9.79 Å². The van der Waals surface area contributed by atoms with Crippen molar-refractivity contribution in [3.05, 3.63) is 90.4 Å². The number of fused-ring (bicyclic) bond motifs is 1. The Hall–Kier alpha value is -3.19. The number of sulfone groups is 1. The van der Waals surface area contributed by atoms with Crippen molar-refractivity contribution < 1.29 is 21.6 Å². The molecule has 140 valence electrons. The molecule has 3 aromatic carbocycles. The normalized spacial score (nSPS) is 11.7. The number of para-hydroxylation sites is 1. The van der Waals surface area contributed by atoms with Crippen molar-refractivity contribution in [3.63, 3.8) is 0 Å². The van der Waals surface area contributed by atoms with Crippen LogP contribution in [0.2, 0.25) is 0 Å². The Morgan fingerprint density at radius 2 is 1.57 bits per heavy atom. The number of nitrogens with zero attached hydrogens (tertiary/aromatic N) is 1. The SMILES string of the molecule is O=S(=O)(c1ccc(F)c(F)c1)c1cnc2ccccc2c1-c1cccc(F)c1. The lowest BCUT2D eigenvalue weighted by Crippen LogP contribution is -2.06. The largest absolute Gasteiger partial charge is 0.255 e. The maximum atomic E-state index is 13.8. The zero-order chi connectivity index (χ0) is 19.9. The maximum absolute atomic E-state index is 13.8. The third-order valence-electron chi connectivity index (χ3n) is 4.34. The van der Waals surface area contributed by atoms with Gasteiger partial charge in [-0.15, -0.1) is 0 Å². The van der Waals surface area contributed by atoms with Crippen molar-refractivity contribution in [3.8, 4) is 11.1 Å². The summed E-state index contributed by atoms with van der Waals surface area (Å²) in [5, 5.41) is 0.497. The lowest BCUT2D eigenvalue weighted by atomic mass is 10.0. The van der Waals surface area contributed by atoms with Crippen LogP contribution in [0.1, 0.15) is 0 Å². The molecule has 0 aliphatic rings. The van der Waals surface area contributed by atoms with Crippen LogP contribution in [0.3, 0.4) is 0 Å². The molecular weight excluding hydrogens is 387 g/mol. The van der Waals surface area contributed by atoms with Gasteiger partial charge in [0.05, 0.1) is 15.3 Å². The summed E-state index contributed by atoms with van der Waals surface area (Å²) in [7, 11) is -4.25. The smallest absolute Gasteiger partial charge is 0.208 e. The van der Waals surface area contributed by atoms with Crippen LogP contribution in [0, 0.1) is 17.5 Å². The van der Waals surface area contributed by atoms with Crippen molar-refractivity contribution in [2.24, 2.45) is 0 Å². The van der Waals surface area contributed by atoms with Gasteiger partial charge >= 0.3 is 0 Å². The van der Waals surface area contributed by atoms with Gasteiger partial charge in [-0.25, -0.2) is 21.6 Å². The van der Waals surface area contributed by atoms with E-state index in [0.717, 1.165) is 18.3 Å². The summed E-state index contributed by atoms with van der Waals surface area (Å²) >= 11 is 0. The average molecular weight is 399 g/mol. The van der Waals surface area contributed by atoms with Crippen LogP contribution in [0.4, 0.5) is 13.2 Å². The molecule has 3 nitrogen and oxygen atoms in total. The first-order valence-corrected chi connectivity index (χ1v) is 9.70. The third kappa shape index (κ3) is 3.03. The highest BCUT2D eigenvalue weighted by Crippen LogP contribution is 2.36. The molecule has 0 N–H and O–H groups in total. The van der Waals surface area contributed by atoms with Crippen LogP contribution in [-0.4, -0.2) is 13.4 Å². The van der Waals surface area contributed by atoms with E-state index >= 15 is 0 Å². The van der Waals surface area contributed by atoms with Gasteiger partial charge < -0.3 is 0 Å². The first-order valence-electron chi connectivity index (χ1n) is 8.22. The molecule has 0 saturated heterocycles. The fraction of sp³-hybridized carbons (Fsp3) is 0. The number of benzene rings is 3. The molecule has 0 spiro atoms. The highest BCUT2D eigenvalue weighted by molar-refractivity contribution is 7.91. The zero-order valence-corrected chi connectivity index (χ0v) is 15.1. The van der Waals surface area contributed by atoms with Crippen LogP contribution in [0.15, 0.2) is 82.7 Å². The number of aromatic nitrogens is 1. The van der Waals surface area contributed by atoms with Gasteiger partial charge in [0, 0.05) is 17.1 Å². The summed E-state index contributed by atoms with van der Waals surface area (Å²) in [5.74, 6) is -2.96. The zero-order valence-electron chi connectivity index (χ0n) is 14.2. The Morgan fingerprint density at radius 3 is 2.32 bits per heavy atom. The predicted octanol–water partition coefficient (Wildman–Crippen LogP) is 5.15. The number of pyridine rings is 1. The van der Waals surface area contributed by atoms with Gasteiger partial charge in [0.15, 0.2) is 11.6 Å². The van der Waals surface area contributed by atoms with Gasteiger partial charge in [0.25, 0.3) is 0 Å². The highest BCUT2D eigenvalue weighted by Gasteiger charge is 2.25. The van der Waals surface area contributed by atoms with E-state index in [4.69, 9.17) is 0 Å². The van der Waals surface area contributed by atoms with Gasteiger partial charge in [-0.1, -0.05) is 30.3 Å². The second-order valence-corrected chi connectivity index (χ2v) is 8.02. The lowest BCUT2D eigenvalue weighted by Gasteiger charge is -2.14. The molecule has 28 heavy (non-hydrogen) atoms. The third-order valence-corrected chi connectivity index (χ3v) is 6.11. The van der Waals surface area contributed by atoms with Crippen molar-refractivity contribution in [1.29, 1.82) is 0 Å². The molecule has 1 aromatic heterocycles. The Morgan fingerprint density at radius 1 is 0.786 bits per heavy atom. The fourth-order valence-corrected chi connectivity index (χ4v) is 4.49. The molecule has 1 heterocycles. The minimum Gasteiger partial charge on any atom is -0.255 e. The predicted molar refractivity (Wildman–Crippen MR) is 98.9 cm³/mol. The van der Waals surface area contributed by atoms with Gasteiger partial charge in [0.2, 0.25) is 9.84 Å². The summed E-state index contributed by atoms with van der Waals surface area (Å²) in [6, 6.07) is 14.7. The van der Waals surface area contributed by atoms with Crippen LogP contribution < -0.4 is 0 Å². The number of halogens is 3. The Kier molecular flexibility index (Phi) is 4.39. The molecule has 0 aliphatic carbocycles. The number of rotatable bonds is 3. The molecular formula is C21H12F3NO2S. The van der Waals surface area contributed by atoms with Gasteiger partial charge in [-0.05, 0) is 42.0 Å². The van der Waals surface area contributed by atoms with Crippen LogP contribution in [0.25, 0.3) is 22.0 Å². The monoisotopic (exact) mass is 399 g/mol. The minimum atomic E-state index is -4.25. The average Bonchev–Trinajstić information content (AvgIpc) is 2.69. The molecule has 0 unspecified atom stereocenters. The molecule has 0 radical (unpaired) electrons. The maximum Gasteiger partial charge on any atom is 0.208 e. The molecule has 0 saturated carbocycles. The molecule has 7 heteroatoms. The molecule has 0 aliphatic heterocycles. The van der Waals surface area contributed by atoms with Crippen LogP contribution in [0.5, 0.6) is 0 Å².